The predicted molar refractivity (Wildman–Crippen MR) is 64.1 cm³/mol. The number of benzene rings is 1. The molecule has 2 atom stereocenters. The molecule has 16 heavy (non-hydrogen) atoms. The van der Waals surface area contributed by atoms with E-state index in [0.29, 0.717) is 0 Å². The van der Waals surface area contributed by atoms with Crippen LogP contribution in [0.1, 0.15) is 19.4 Å². The highest BCUT2D eigenvalue weighted by Crippen LogP contribution is 2.19. The highest BCUT2D eigenvalue weighted by molar-refractivity contribution is 5.78. The summed E-state index contributed by atoms with van der Waals surface area (Å²) in [5, 5.41) is 14.8. The van der Waals surface area contributed by atoms with Gasteiger partial charge in [-0.05, 0) is 12.5 Å². The maximum atomic E-state index is 9.42. The summed E-state index contributed by atoms with van der Waals surface area (Å²) in [5.74, 6) is 0. The maximum absolute atomic E-state index is 9.42. The van der Waals surface area contributed by atoms with Crippen LogP contribution in [0.2, 0.25) is 0 Å². The fourth-order valence-electron chi connectivity index (χ4n) is 1.92. The Morgan fingerprint density at radius 1 is 1.44 bits per heavy atom. The first kappa shape index (κ1) is 11.1. The van der Waals surface area contributed by atoms with Crippen molar-refractivity contribution in [3.63, 3.8) is 0 Å². The lowest BCUT2D eigenvalue weighted by molar-refractivity contribution is 0.198. The summed E-state index contributed by atoms with van der Waals surface area (Å²) in [6.07, 6.45) is 2.62. The number of aliphatic hydroxyl groups excluding tert-OH is 1. The third-order valence-corrected chi connectivity index (χ3v) is 2.97. The fourth-order valence-corrected chi connectivity index (χ4v) is 1.92. The Kier molecular flexibility index (Phi) is 3.22. The Labute approximate surface area is 94.7 Å². The largest absolute Gasteiger partial charge is 0.394 e. The van der Waals surface area contributed by atoms with Crippen molar-refractivity contribution < 1.29 is 5.11 Å². The zero-order chi connectivity index (χ0) is 11.5. The van der Waals surface area contributed by atoms with Crippen molar-refractivity contribution >= 4 is 10.9 Å². The second-order valence-electron chi connectivity index (χ2n) is 3.97. The van der Waals surface area contributed by atoms with Crippen LogP contribution in [0.3, 0.4) is 0 Å². The normalized spacial score (nSPS) is 15.2. The molecule has 0 radical (unpaired) electrons. The minimum absolute atomic E-state index is 0.0146. The third kappa shape index (κ3) is 1.81. The van der Waals surface area contributed by atoms with Gasteiger partial charge < -0.3 is 10.8 Å². The minimum Gasteiger partial charge on any atom is -0.394 e. The molecule has 0 saturated heterocycles. The van der Waals surface area contributed by atoms with Crippen molar-refractivity contribution in [1.82, 2.24) is 9.78 Å². The van der Waals surface area contributed by atoms with Gasteiger partial charge in [-0.1, -0.05) is 25.1 Å². The third-order valence-electron chi connectivity index (χ3n) is 2.97. The standard InChI is InChI=1S/C12H17N3O/c1-2-10(13)12(8-16)15-11-6-4-3-5-9(11)7-14-15/h3-7,10,12,16H,2,8,13H2,1H3. The highest BCUT2D eigenvalue weighted by Gasteiger charge is 2.19. The van der Waals surface area contributed by atoms with Gasteiger partial charge in [-0.2, -0.15) is 5.10 Å². The molecule has 0 amide bonds. The Morgan fingerprint density at radius 2 is 2.19 bits per heavy atom. The van der Waals surface area contributed by atoms with Crippen LogP contribution in [0.15, 0.2) is 30.5 Å². The van der Waals surface area contributed by atoms with E-state index in [1.807, 2.05) is 35.9 Å². The van der Waals surface area contributed by atoms with E-state index in [4.69, 9.17) is 5.73 Å². The smallest absolute Gasteiger partial charge is 0.0907 e. The van der Waals surface area contributed by atoms with Crippen LogP contribution in [0.4, 0.5) is 0 Å². The molecule has 1 aromatic heterocycles. The number of aromatic nitrogens is 2. The number of aliphatic hydroxyl groups is 1. The number of nitrogens with two attached hydrogens (primary N) is 1. The van der Waals surface area contributed by atoms with E-state index < -0.39 is 0 Å². The summed E-state index contributed by atoms with van der Waals surface area (Å²) in [5.41, 5.74) is 7.01. The van der Waals surface area contributed by atoms with Crippen molar-refractivity contribution in [2.24, 2.45) is 5.73 Å². The van der Waals surface area contributed by atoms with Gasteiger partial charge in [-0.25, -0.2) is 0 Å². The second-order valence-corrected chi connectivity index (χ2v) is 3.97. The van der Waals surface area contributed by atoms with Crippen molar-refractivity contribution in [1.29, 1.82) is 0 Å². The van der Waals surface area contributed by atoms with Crippen LogP contribution in [0, 0.1) is 0 Å². The van der Waals surface area contributed by atoms with Gasteiger partial charge in [-0.3, -0.25) is 4.68 Å². The number of para-hydroxylation sites is 1. The summed E-state index contributed by atoms with van der Waals surface area (Å²) in [6, 6.07) is 7.71. The van der Waals surface area contributed by atoms with E-state index in [1.54, 1.807) is 6.20 Å². The van der Waals surface area contributed by atoms with E-state index in [1.165, 1.54) is 0 Å². The van der Waals surface area contributed by atoms with Crippen molar-refractivity contribution in [2.75, 3.05) is 6.61 Å². The lowest BCUT2D eigenvalue weighted by Crippen LogP contribution is -2.34. The number of hydrogen-bond acceptors (Lipinski definition) is 3. The molecule has 0 fully saturated rings. The van der Waals surface area contributed by atoms with E-state index in [0.717, 1.165) is 17.3 Å². The van der Waals surface area contributed by atoms with Gasteiger partial charge in [-0.15, -0.1) is 0 Å². The first-order chi connectivity index (χ1) is 7.77. The van der Waals surface area contributed by atoms with E-state index in [2.05, 4.69) is 5.10 Å². The van der Waals surface area contributed by atoms with Crippen molar-refractivity contribution in [3.05, 3.63) is 30.5 Å². The molecule has 2 aromatic rings. The molecular formula is C12H17N3O. The van der Waals surface area contributed by atoms with Gasteiger partial charge in [0, 0.05) is 11.4 Å². The molecule has 2 rings (SSSR count). The topological polar surface area (TPSA) is 64.1 Å². The van der Waals surface area contributed by atoms with Gasteiger partial charge in [0.25, 0.3) is 0 Å². The summed E-state index contributed by atoms with van der Waals surface area (Å²) < 4.78 is 1.82. The lowest BCUT2D eigenvalue weighted by atomic mass is 10.1. The average Bonchev–Trinajstić information content (AvgIpc) is 2.74. The van der Waals surface area contributed by atoms with Gasteiger partial charge in [0.2, 0.25) is 0 Å². The molecular weight excluding hydrogens is 202 g/mol. The van der Waals surface area contributed by atoms with Crippen LogP contribution >= 0.6 is 0 Å². The monoisotopic (exact) mass is 219 g/mol. The number of rotatable bonds is 4. The Morgan fingerprint density at radius 3 is 2.88 bits per heavy atom. The summed E-state index contributed by atoms with van der Waals surface area (Å²) in [4.78, 5) is 0. The Bertz CT molecular complexity index is 466. The summed E-state index contributed by atoms with van der Waals surface area (Å²) in [6.45, 7) is 2.03. The number of hydrogen-bond donors (Lipinski definition) is 2. The molecule has 3 N–H and O–H groups in total. The van der Waals surface area contributed by atoms with E-state index >= 15 is 0 Å². The molecule has 4 nitrogen and oxygen atoms in total. The predicted octanol–water partition coefficient (Wildman–Crippen LogP) is 1.31. The first-order valence-electron chi connectivity index (χ1n) is 5.56. The maximum Gasteiger partial charge on any atom is 0.0907 e. The molecule has 86 valence electrons. The molecule has 0 bridgehead atoms. The molecule has 0 aliphatic carbocycles. The minimum atomic E-state index is -0.148. The zero-order valence-electron chi connectivity index (χ0n) is 9.37. The average molecular weight is 219 g/mol. The van der Waals surface area contributed by atoms with Crippen LogP contribution < -0.4 is 5.73 Å². The number of fused-ring (bicyclic) bond motifs is 1. The molecule has 0 spiro atoms. The summed E-state index contributed by atoms with van der Waals surface area (Å²) >= 11 is 0. The molecule has 1 heterocycles. The summed E-state index contributed by atoms with van der Waals surface area (Å²) in [7, 11) is 0. The van der Waals surface area contributed by atoms with E-state index in [9.17, 15) is 5.11 Å². The van der Waals surface area contributed by atoms with Crippen LogP contribution in [-0.4, -0.2) is 27.5 Å². The SMILES string of the molecule is CCC(N)C(CO)n1ncc2ccccc21. The van der Waals surface area contributed by atoms with Crippen molar-refractivity contribution in [2.45, 2.75) is 25.4 Å². The van der Waals surface area contributed by atoms with Crippen LogP contribution in [0.5, 0.6) is 0 Å². The van der Waals surface area contributed by atoms with Gasteiger partial charge in [0.15, 0.2) is 0 Å². The van der Waals surface area contributed by atoms with Crippen LogP contribution in [0.25, 0.3) is 10.9 Å². The van der Waals surface area contributed by atoms with Crippen LogP contribution in [-0.2, 0) is 0 Å². The lowest BCUT2D eigenvalue weighted by Gasteiger charge is -2.21. The molecule has 2 unspecified atom stereocenters. The highest BCUT2D eigenvalue weighted by atomic mass is 16.3. The zero-order valence-corrected chi connectivity index (χ0v) is 9.37. The number of nitrogens with zero attached hydrogens (tertiary/aromatic N) is 2. The Balaban J connectivity index is 2.45. The van der Waals surface area contributed by atoms with Gasteiger partial charge in [0.05, 0.1) is 24.4 Å². The quantitative estimate of drug-likeness (QED) is 0.814. The first-order valence-corrected chi connectivity index (χ1v) is 5.56. The molecule has 0 aliphatic rings. The van der Waals surface area contributed by atoms with Gasteiger partial charge in [0.1, 0.15) is 0 Å². The molecule has 0 saturated carbocycles. The molecule has 1 aromatic carbocycles. The fraction of sp³-hybridized carbons (Fsp3) is 0.417. The van der Waals surface area contributed by atoms with E-state index in [-0.39, 0.29) is 18.7 Å². The molecule has 0 aliphatic heterocycles. The molecule has 4 heteroatoms. The Hall–Kier alpha value is -1.39. The van der Waals surface area contributed by atoms with Gasteiger partial charge >= 0.3 is 0 Å². The second kappa shape index (κ2) is 4.63. The van der Waals surface area contributed by atoms with Crippen molar-refractivity contribution in [3.8, 4) is 0 Å².